The van der Waals surface area contributed by atoms with Gasteiger partial charge in [0.1, 0.15) is 29.2 Å². The molecule has 0 spiro atoms. The molecule has 1 aromatic heterocycles. The number of benzene rings is 2. The molecule has 2 aromatic carbocycles. The number of rotatable bonds is 5. The number of cyclic esters (lactones) is 1. The quantitative estimate of drug-likeness (QED) is 0.531. The second-order valence-electron chi connectivity index (χ2n) is 8.09. The molecule has 1 aliphatic rings. The molecule has 0 amide bonds. The van der Waals surface area contributed by atoms with Crippen LogP contribution in [0.2, 0.25) is 0 Å². The Kier molecular flexibility index (Phi) is 6.19. The van der Waals surface area contributed by atoms with Crippen LogP contribution in [-0.2, 0) is 9.53 Å². The summed E-state index contributed by atoms with van der Waals surface area (Å²) >= 11 is 0. The third-order valence-corrected chi connectivity index (χ3v) is 5.21. The van der Waals surface area contributed by atoms with Gasteiger partial charge in [0.15, 0.2) is 0 Å². The Labute approximate surface area is 184 Å². The largest absolute Gasteiger partial charge is 0.458 e. The van der Waals surface area contributed by atoms with E-state index in [4.69, 9.17) is 14.5 Å². The summed E-state index contributed by atoms with van der Waals surface area (Å²) in [4.78, 5) is 16.4. The second-order valence-corrected chi connectivity index (χ2v) is 8.09. The van der Waals surface area contributed by atoms with Gasteiger partial charge in [-0.2, -0.15) is 0 Å². The Morgan fingerprint density at radius 3 is 2.56 bits per heavy atom. The molecule has 0 unspecified atom stereocenters. The van der Waals surface area contributed by atoms with Crippen LogP contribution in [-0.4, -0.2) is 28.3 Å². The Balaban J connectivity index is 1.86. The fraction of sp³-hybridized carbons (Fsp3) is 0.280. The van der Waals surface area contributed by atoms with Gasteiger partial charge in [-0.1, -0.05) is 13.8 Å². The Bertz CT molecular complexity index is 1170. The van der Waals surface area contributed by atoms with Crippen molar-refractivity contribution in [3.8, 4) is 11.5 Å². The SMILES string of the molecule is CC(C)c1nc2ccc(F)cc2c(Oc2ccc(F)cc2)c1/C=C/[C@@H]1C[C@@H](O)CC(=O)O1. The van der Waals surface area contributed by atoms with Gasteiger partial charge in [-0.25, -0.2) is 8.78 Å². The van der Waals surface area contributed by atoms with Crippen LogP contribution in [0.25, 0.3) is 17.0 Å². The summed E-state index contributed by atoms with van der Waals surface area (Å²) in [6, 6.07) is 9.79. The first kappa shape index (κ1) is 21.9. The van der Waals surface area contributed by atoms with Crippen LogP contribution >= 0.6 is 0 Å². The van der Waals surface area contributed by atoms with E-state index in [0.717, 1.165) is 0 Å². The number of hydrogen-bond donors (Lipinski definition) is 1. The Morgan fingerprint density at radius 2 is 1.88 bits per heavy atom. The molecule has 0 aliphatic carbocycles. The monoisotopic (exact) mass is 439 g/mol. The number of ether oxygens (including phenoxy) is 2. The lowest BCUT2D eigenvalue weighted by Crippen LogP contribution is -2.31. The summed E-state index contributed by atoms with van der Waals surface area (Å²) in [7, 11) is 0. The average molecular weight is 439 g/mol. The van der Waals surface area contributed by atoms with Crippen LogP contribution in [0.5, 0.6) is 11.5 Å². The summed E-state index contributed by atoms with van der Waals surface area (Å²) in [6.07, 6.45) is 2.27. The number of nitrogens with zero attached hydrogens (tertiary/aromatic N) is 1. The number of pyridine rings is 1. The number of aromatic nitrogens is 1. The average Bonchev–Trinajstić information content (AvgIpc) is 2.73. The van der Waals surface area contributed by atoms with Crippen molar-refractivity contribution in [1.82, 2.24) is 4.98 Å². The normalized spacial score (nSPS) is 19.0. The van der Waals surface area contributed by atoms with E-state index in [0.29, 0.717) is 33.7 Å². The van der Waals surface area contributed by atoms with Crippen molar-refractivity contribution in [2.45, 2.75) is 44.8 Å². The van der Waals surface area contributed by atoms with Crippen LogP contribution in [0, 0.1) is 11.6 Å². The lowest BCUT2D eigenvalue weighted by molar-refractivity contribution is -0.156. The van der Waals surface area contributed by atoms with Crippen molar-refractivity contribution in [2.75, 3.05) is 0 Å². The van der Waals surface area contributed by atoms with Crippen molar-refractivity contribution in [3.05, 3.63) is 71.4 Å². The van der Waals surface area contributed by atoms with Crippen LogP contribution in [0.1, 0.15) is 43.9 Å². The lowest BCUT2D eigenvalue weighted by Gasteiger charge is -2.24. The number of esters is 1. The smallest absolute Gasteiger partial charge is 0.309 e. The molecule has 1 N–H and O–H groups in total. The second kappa shape index (κ2) is 9.04. The van der Waals surface area contributed by atoms with Gasteiger partial charge < -0.3 is 14.6 Å². The summed E-state index contributed by atoms with van der Waals surface area (Å²) in [5.74, 6) is -0.567. The first-order valence-electron chi connectivity index (χ1n) is 10.4. The zero-order chi connectivity index (χ0) is 22.8. The number of aliphatic hydroxyl groups is 1. The van der Waals surface area contributed by atoms with Crippen molar-refractivity contribution >= 4 is 22.9 Å². The van der Waals surface area contributed by atoms with Gasteiger partial charge in [-0.05, 0) is 60.5 Å². The highest BCUT2D eigenvalue weighted by atomic mass is 19.1. The lowest BCUT2D eigenvalue weighted by atomic mass is 9.98. The number of aliphatic hydroxyl groups excluding tert-OH is 1. The molecule has 0 bridgehead atoms. The van der Waals surface area contributed by atoms with Gasteiger partial charge in [-0.15, -0.1) is 0 Å². The molecule has 7 heteroatoms. The molecule has 5 nitrogen and oxygen atoms in total. The minimum atomic E-state index is -0.769. The van der Waals surface area contributed by atoms with E-state index in [1.807, 2.05) is 13.8 Å². The Hall–Kier alpha value is -3.32. The molecule has 32 heavy (non-hydrogen) atoms. The molecule has 4 rings (SSSR count). The number of fused-ring (bicyclic) bond motifs is 1. The number of carbonyl (C=O) groups is 1. The first-order chi connectivity index (χ1) is 15.3. The molecule has 2 heterocycles. The Morgan fingerprint density at radius 1 is 1.16 bits per heavy atom. The molecule has 0 saturated carbocycles. The number of hydrogen-bond acceptors (Lipinski definition) is 5. The first-order valence-corrected chi connectivity index (χ1v) is 10.4. The van der Waals surface area contributed by atoms with Crippen molar-refractivity contribution in [1.29, 1.82) is 0 Å². The highest BCUT2D eigenvalue weighted by Crippen LogP contribution is 2.38. The van der Waals surface area contributed by atoms with Gasteiger partial charge >= 0.3 is 5.97 Å². The van der Waals surface area contributed by atoms with Gasteiger partial charge in [0.25, 0.3) is 0 Å². The van der Waals surface area contributed by atoms with Crippen LogP contribution in [0.15, 0.2) is 48.5 Å². The zero-order valence-corrected chi connectivity index (χ0v) is 17.7. The molecule has 0 radical (unpaired) electrons. The standard InChI is InChI=1S/C25H23F2NO4/c1-14(2)24-20(9-8-19-12-17(29)13-23(30)31-19)25(32-18-6-3-15(26)4-7-18)21-11-16(27)5-10-22(21)28-24/h3-11,14,17,19,29H,12-13H2,1-2H3/b9-8+/t17-,19-/m1/s1. The predicted molar refractivity (Wildman–Crippen MR) is 116 cm³/mol. The van der Waals surface area contributed by atoms with E-state index in [-0.39, 0.29) is 18.8 Å². The molecule has 2 atom stereocenters. The maximum atomic E-state index is 14.1. The van der Waals surface area contributed by atoms with Crippen molar-refractivity contribution < 1.29 is 28.2 Å². The number of carbonyl (C=O) groups excluding carboxylic acids is 1. The van der Waals surface area contributed by atoms with Crippen molar-refractivity contribution in [3.63, 3.8) is 0 Å². The molecular formula is C25H23F2NO4. The van der Waals surface area contributed by atoms with E-state index < -0.39 is 29.8 Å². The van der Waals surface area contributed by atoms with Crippen LogP contribution < -0.4 is 4.74 Å². The fourth-order valence-electron chi connectivity index (χ4n) is 3.70. The molecule has 3 aromatic rings. The fourth-order valence-corrected chi connectivity index (χ4v) is 3.70. The van der Waals surface area contributed by atoms with E-state index in [1.165, 1.54) is 36.4 Å². The predicted octanol–water partition coefficient (Wildman–Crippen LogP) is 5.51. The minimum absolute atomic E-state index is 0.000771. The molecular weight excluding hydrogens is 416 g/mol. The highest BCUT2D eigenvalue weighted by molar-refractivity contribution is 5.90. The van der Waals surface area contributed by atoms with E-state index in [9.17, 15) is 18.7 Å². The third-order valence-electron chi connectivity index (χ3n) is 5.21. The maximum absolute atomic E-state index is 14.1. The molecule has 1 fully saturated rings. The molecule has 1 aliphatic heterocycles. The summed E-state index contributed by atoms with van der Waals surface area (Å²) < 4.78 is 38.9. The maximum Gasteiger partial charge on any atom is 0.309 e. The summed E-state index contributed by atoms with van der Waals surface area (Å²) in [6.45, 7) is 3.95. The van der Waals surface area contributed by atoms with Gasteiger partial charge in [0.2, 0.25) is 0 Å². The van der Waals surface area contributed by atoms with E-state index >= 15 is 0 Å². The zero-order valence-electron chi connectivity index (χ0n) is 17.7. The van der Waals surface area contributed by atoms with Crippen LogP contribution in [0.3, 0.4) is 0 Å². The number of halogens is 2. The van der Waals surface area contributed by atoms with E-state index in [2.05, 4.69) is 0 Å². The topological polar surface area (TPSA) is 68.7 Å². The third kappa shape index (κ3) is 4.78. The minimum Gasteiger partial charge on any atom is -0.458 e. The molecule has 1 saturated heterocycles. The van der Waals surface area contributed by atoms with Gasteiger partial charge in [0, 0.05) is 17.4 Å². The van der Waals surface area contributed by atoms with E-state index in [1.54, 1.807) is 18.2 Å². The van der Waals surface area contributed by atoms with Crippen LogP contribution in [0.4, 0.5) is 8.78 Å². The van der Waals surface area contributed by atoms with Gasteiger partial charge in [0.05, 0.1) is 23.7 Å². The highest BCUT2D eigenvalue weighted by Gasteiger charge is 2.26. The van der Waals surface area contributed by atoms with Crippen molar-refractivity contribution in [2.24, 2.45) is 0 Å². The summed E-state index contributed by atoms with van der Waals surface area (Å²) in [5.41, 5.74) is 1.86. The summed E-state index contributed by atoms with van der Waals surface area (Å²) in [5, 5.41) is 10.3. The van der Waals surface area contributed by atoms with Gasteiger partial charge in [-0.3, -0.25) is 9.78 Å². The molecule has 166 valence electrons.